The molecule has 1 aromatic rings. The van der Waals surface area contributed by atoms with E-state index in [9.17, 15) is 18.0 Å². The number of amides is 1. The van der Waals surface area contributed by atoms with Crippen molar-refractivity contribution in [2.45, 2.75) is 44.8 Å². The lowest BCUT2D eigenvalue weighted by atomic mass is 10.0. The summed E-state index contributed by atoms with van der Waals surface area (Å²) in [6.45, 7) is 8.51. The molecule has 1 saturated heterocycles. The van der Waals surface area contributed by atoms with Crippen LogP contribution in [0.25, 0.3) is 0 Å². The van der Waals surface area contributed by atoms with E-state index in [4.69, 9.17) is 11.0 Å². The Hall–Kier alpha value is -2.53. The van der Waals surface area contributed by atoms with Crippen LogP contribution in [0.15, 0.2) is 30.6 Å². The molecule has 0 spiro atoms. The Bertz CT molecular complexity index is 780. The number of rotatable bonds is 6. The average molecular weight is 380 g/mol. The van der Waals surface area contributed by atoms with Crippen LogP contribution >= 0.6 is 0 Å². The first-order valence-electron chi connectivity index (χ1n) is 8.68. The van der Waals surface area contributed by atoms with Gasteiger partial charge in [-0.3, -0.25) is 9.69 Å². The maximum atomic E-state index is 13.3. The molecule has 1 fully saturated rings. The molecule has 0 saturated carbocycles. The number of carbonyl (C=O) groups excluding carboxylic acids is 1. The monoisotopic (exact) mass is 380 g/mol. The number of carbonyl (C=O) groups is 1. The van der Waals surface area contributed by atoms with Crippen molar-refractivity contribution in [2.75, 3.05) is 18.0 Å². The molecule has 2 N–H and O–H groups in total. The number of halogens is 3. The Morgan fingerprint density at radius 1 is 1.26 bits per heavy atom. The maximum absolute atomic E-state index is 13.3. The molecule has 1 aliphatic heterocycles. The molecular formula is C19H23F3N4O. The molecule has 1 aromatic carbocycles. The second kappa shape index (κ2) is 7.61. The van der Waals surface area contributed by atoms with Crippen LogP contribution < -0.4 is 10.6 Å². The highest BCUT2D eigenvalue weighted by Gasteiger charge is 2.48. The first-order chi connectivity index (χ1) is 12.6. The van der Waals surface area contributed by atoms with Gasteiger partial charge in [0.2, 0.25) is 0 Å². The SMILES string of the molecule is C=C1N(c2ccc(C#N)c(C(F)(F)F)c2)C(=O)C(C)(C)N1CCCCCN. The van der Waals surface area contributed by atoms with Gasteiger partial charge in [0.25, 0.3) is 5.91 Å². The van der Waals surface area contributed by atoms with E-state index in [1.165, 1.54) is 11.0 Å². The standard InChI is InChI=1S/C19H23F3N4O/c1-13-25(10-6-4-5-9-23)18(2,3)17(27)26(13)15-8-7-14(12-24)16(11-15)19(20,21)22/h7-8,11H,1,4-6,9-10,23H2,2-3H3. The van der Waals surface area contributed by atoms with Gasteiger partial charge in [-0.25, -0.2) is 0 Å². The first kappa shape index (κ1) is 20.8. The second-order valence-corrected chi connectivity index (χ2v) is 6.96. The number of nitrogens with two attached hydrogens (primary N) is 1. The minimum atomic E-state index is -4.69. The lowest BCUT2D eigenvalue weighted by Crippen LogP contribution is -2.43. The van der Waals surface area contributed by atoms with Crippen molar-refractivity contribution in [1.82, 2.24) is 4.90 Å². The third kappa shape index (κ3) is 3.93. The minimum Gasteiger partial charge on any atom is -0.344 e. The Kier molecular flexibility index (Phi) is 5.85. The van der Waals surface area contributed by atoms with E-state index < -0.39 is 22.8 Å². The van der Waals surface area contributed by atoms with Gasteiger partial charge in [-0.15, -0.1) is 0 Å². The molecule has 0 unspecified atom stereocenters. The number of benzene rings is 1. The van der Waals surface area contributed by atoms with Crippen molar-refractivity contribution >= 4 is 11.6 Å². The molecule has 1 amide bonds. The van der Waals surface area contributed by atoms with Crippen molar-refractivity contribution < 1.29 is 18.0 Å². The van der Waals surface area contributed by atoms with Crippen LogP contribution in [0.1, 0.15) is 44.2 Å². The summed E-state index contributed by atoms with van der Waals surface area (Å²) in [5.41, 5.74) is 3.06. The zero-order valence-electron chi connectivity index (χ0n) is 15.4. The normalized spacial score (nSPS) is 16.8. The fourth-order valence-electron chi connectivity index (χ4n) is 3.22. The lowest BCUT2D eigenvalue weighted by Gasteiger charge is -2.30. The smallest absolute Gasteiger partial charge is 0.344 e. The van der Waals surface area contributed by atoms with Gasteiger partial charge in [0.05, 0.1) is 22.9 Å². The quantitative estimate of drug-likeness (QED) is 0.766. The number of hydrogen-bond donors (Lipinski definition) is 1. The molecule has 0 aromatic heterocycles. The van der Waals surface area contributed by atoms with Crippen LogP contribution in [0, 0.1) is 11.3 Å². The summed E-state index contributed by atoms with van der Waals surface area (Å²) >= 11 is 0. The average Bonchev–Trinajstić information content (AvgIpc) is 2.76. The number of hydrogen-bond acceptors (Lipinski definition) is 4. The highest BCUT2D eigenvalue weighted by molar-refractivity contribution is 6.05. The fraction of sp³-hybridized carbons (Fsp3) is 0.474. The number of anilines is 1. The van der Waals surface area contributed by atoms with Gasteiger partial charge < -0.3 is 10.6 Å². The Morgan fingerprint density at radius 2 is 1.93 bits per heavy atom. The van der Waals surface area contributed by atoms with Crippen molar-refractivity contribution in [2.24, 2.45) is 5.73 Å². The van der Waals surface area contributed by atoms with Gasteiger partial charge in [0.1, 0.15) is 11.4 Å². The van der Waals surface area contributed by atoms with Crippen molar-refractivity contribution in [3.63, 3.8) is 0 Å². The fourth-order valence-corrected chi connectivity index (χ4v) is 3.22. The molecule has 1 heterocycles. The summed E-state index contributed by atoms with van der Waals surface area (Å²) in [6.07, 6.45) is -2.15. The van der Waals surface area contributed by atoms with Crippen LogP contribution in [-0.2, 0) is 11.0 Å². The van der Waals surface area contributed by atoms with E-state index in [-0.39, 0.29) is 11.6 Å². The predicted molar refractivity (Wildman–Crippen MR) is 96.5 cm³/mol. The van der Waals surface area contributed by atoms with Crippen LogP contribution in [0.2, 0.25) is 0 Å². The number of unbranched alkanes of at least 4 members (excludes halogenated alkanes) is 2. The van der Waals surface area contributed by atoms with Crippen molar-refractivity contribution in [3.05, 3.63) is 41.7 Å². The Morgan fingerprint density at radius 3 is 2.48 bits per heavy atom. The summed E-state index contributed by atoms with van der Waals surface area (Å²) in [5.74, 6) is -0.0280. The van der Waals surface area contributed by atoms with E-state index in [0.29, 0.717) is 18.9 Å². The Labute approximate surface area is 156 Å². The van der Waals surface area contributed by atoms with E-state index in [2.05, 4.69) is 6.58 Å². The Balaban J connectivity index is 2.37. The molecular weight excluding hydrogens is 357 g/mol. The zero-order chi connectivity index (χ0) is 20.4. The van der Waals surface area contributed by atoms with Crippen LogP contribution in [0.4, 0.5) is 18.9 Å². The lowest BCUT2D eigenvalue weighted by molar-refractivity contribution is -0.137. The van der Waals surface area contributed by atoms with Crippen LogP contribution in [-0.4, -0.2) is 29.4 Å². The van der Waals surface area contributed by atoms with E-state index >= 15 is 0 Å². The maximum Gasteiger partial charge on any atom is 0.417 e. The molecule has 2 rings (SSSR count). The predicted octanol–water partition coefficient (Wildman–Crippen LogP) is 3.60. The van der Waals surface area contributed by atoms with Crippen LogP contribution in [0.5, 0.6) is 0 Å². The summed E-state index contributed by atoms with van der Waals surface area (Å²) in [5, 5.41) is 8.94. The highest BCUT2D eigenvalue weighted by atomic mass is 19.4. The molecule has 0 radical (unpaired) electrons. The molecule has 0 bridgehead atoms. The molecule has 0 aliphatic carbocycles. The minimum absolute atomic E-state index is 0.0499. The third-order valence-corrected chi connectivity index (χ3v) is 4.74. The number of nitrogens with zero attached hydrogens (tertiary/aromatic N) is 3. The van der Waals surface area contributed by atoms with Gasteiger partial charge >= 0.3 is 6.18 Å². The first-order valence-corrected chi connectivity index (χ1v) is 8.68. The van der Waals surface area contributed by atoms with Crippen LogP contribution in [0.3, 0.4) is 0 Å². The molecule has 27 heavy (non-hydrogen) atoms. The number of nitriles is 1. The van der Waals surface area contributed by atoms with Gasteiger partial charge in [0.15, 0.2) is 0 Å². The largest absolute Gasteiger partial charge is 0.417 e. The van der Waals surface area contributed by atoms with Crippen molar-refractivity contribution in [3.8, 4) is 6.07 Å². The molecule has 146 valence electrons. The van der Waals surface area contributed by atoms with Gasteiger partial charge in [-0.2, -0.15) is 18.4 Å². The topological polar surface area (TPSA) is 73.4 Å². The number of alkyl halides is 3. The van der Waals surface area contributed by atoms with Gasteiger partial charge in [-0.1, -0.05) is 13.0 Å². The third-order valence-electron chi connectivity index (χ3n) is 4.74. The molecule has 5 nitrogen and oxygen atoms in total. The summed E-state index contributed by atoms with van der Waals surface area (Å²) in [6, 6.07) is 4.79. The van der Waals surface area contributed by atoms with E-state index in [1.54, 1.807) is 24.8 Å². The second-order valence-electron chi connectivity index (χ2n) is 6.96. The summed E-state index contributed by atoms with van der Waals surface area (Å²) in [7, 11) is 0. The summed E-state index contributed by atoms with van der Waals surface area (Å²) in [4.78, 5) is 15.9. The van der Waals surface area contributed by atoms with E-state index in [0.717, 1.165) is 31.4 Å². The molecule has 8 heteroatoms. The zero-order valence-corrected chi connectivity index (χ0v) is 15.4. The van der Waals surface area contributed by atoms with E-state index in [1.807, 2.05) is 0 Å². The highest BCUT2D eigenvalue weighted by Crippen LogP contribution is 2.40. The van der Waals surface area contributed by atoms with Crippen molar-refractivity contribution in [1.29, 1.82) is 5.26 Å². The molecule has 0 atom stereocenters. The summed E-state index contributed by atoms with van der Waals surface area (Å²) < 4.78 is 39.8. The van der Waals surface area contributed by atoms with Gasteiger partial charge in [0, 0.05) is 6.54 Å². The van der Waals surface area contributed by atoms with Gasteiger partial charge in [-0.05, 0) is 51.4 Å². The molecule has 1 aliphatic rings.